The minimum atomic E-state index is 0.112. The van der Waals surface area contributed by atoms with Crippen LogP contribution in [0.5, 0.6) is 5.75 Å². The van der Waals surface area contributed by atoms with Gasteiger partial charge in [-0.05, 0) is 123 Å². The maximum Gasteiger partial charge on any atom is 0.116 e. The maximum atomic E-state index is 10.3. The number of benzene rings is 2. The molecule has 1 saturated heterocycles. The number of aliphatic hydroxyl groups is 1. The van der Waals surface area contributed by atoms with Crippen LogP contribution >= 0.6 is 0 Å². The molecule has 2 aromatic rings. The number of hydrogen-bond donors (Lipinski definition) is 2. The van der Waals surface area contributed by atoms with Gasteiger partial charge in [-0.15, -0.1) is 6.42 Å². The van der Waals surface area contributed by atoms with Crippen molar-refractivity contribution < 1.29 is 10.2 Å². The lowest BCUT2D eigenvalue weighted by atomic mass is 9.84. The second-order valence-electron chi connectivity index (χ2n) is 9.50. The summed E-state index contributed by atoms with van der Waals surface area (Å²) in [7, 11) is 0. The molecule has 0 spiro atoms. The van der Waals surface area contributed by atoms with Crippen LogP contribution in [0.3, 0.4) is 0 Å². The summed E-state index contributed by atoms with van der Waals surface area (Å²) in [6, 6.07) is 17.0. The fourth-order valence-corrected chi connectivity index (χ4v) is 5.03. The van der Waals surface area contributed by atoms with Gasteiger partial charge in [0.1, 0.15) is 5.75 Å². The number of phenolic OH excluding ortho intramolecular Hbond substituents is 1. The van der Waals surface area contributed by atoms with E-state index < -0.39 is 0 Å². The molecule has 3 rings (SSSR count). The zero-order chi connectivity index (χ0) is 25.2. The minimum Gasteiger partial charge on any atom is -0.508 e. The Bertz CT molecular complexity index is 1090. The fourth-order valence-electron chi connectivity index (χ4n) is 5.03. The highest BCUT2D eigenvalue weighted by atomic mass is 16.3. The van der Waals surface area contributed by atoms with Crippen molar-refractivity contribution in [2.24, 2.45) is 0 Å². The molecule has 3 heteroatoms. The first kappa shape index (κ1) is 26.5. The summed E-state index contributed by atoms with van der Waals surface area (Å²) >= 11 is 0. The molecule has 2 N–H and O–H groups in total. The van der Waals surface area contributed by atoms with Crippen molar-refractivity contribution in [3.8, 4) is 18.1 Å². The molecule has 1 heterocycles. The number of aromatic hydroxyl groups is 1. The average Bonchev–Trinajstić information content (AvgIpc) is 2.88. The Morgan fingerprint density at radius 3 is 2.40 bits per heavy atom. The molecule has 0 bridgehead atoms. The standard InChI is InChI=1S/C32H39NO2/c1-5-7-10-25(6-2)31(13-9-22-34)32(29-11-8-12-30(35)23-29)28-16-14-26(15-17-28)27-18-20-33(21-19-27)24(3)4/h1,6-8,10-12,14-17,23-24,27,34-35H,9,13,18-22H2,2-4H3/b10-7-,25-6+,32-31+. The van der Waals surface area contributed by atoms with E-state index in [0.29, 0.717) is 24.8 Å². The van der Waals surface area contributed by atoms with E-state index in [4.69, 9.17) is 6.42 Å². The highest BCUT2D eigenvalue weighted by Crippen LogP contribution is 2.36. The van der Waals surface area contributed by atoms with Crippen LogP contribution < -0.4 is 0 Å². The Morgan fingerprint density at radius 1 is 1.11 bits per heavy atom. The van der Waals surface area contributed by atoms with E-state index in [1.807, 2.05) is 31.2 Å². The van der Waals surface area contributed by atoms with Crippen LogP contribution in [-0.4, -0.2) is 40.9 Å². The summed E-state index contributed by atoms with van der Waals surface area (Å²) in [5.74, 6) is 3.41. The molecular weight excluding hydrogens is 430 g/mol. The van der Waals surface area contributed by atoms with Gasteiger partial charge in [0.15, 0.2) is 0 Å². The Balaban J connectivity index is 2.05. The normalized spacial score (nSPS) is 16.5. The molecule has 1 fully saturated rings. The van der Waals surface area contributed by atoms with Gasteiger partial charge in [0, 0.05) is 12.6 Å². The molecule has 3 nitrogen and oxygen atoms in total. The Kier molecular flexibility index (Phi) is 9.97. The van der Waals surface area contributed by atoms with Gasteiger partial charge < -0.3 is 15.1 Å². The molecule has 0 aliphatic carbocycles. The van der Waals surface area contributed by atoms with Crippen LogP contribution in [0.4, 0.5) is 0 Å². The highest BCUT2D eigenvalue weighted by Gasteiger charge is 2.22. The molecule has 35 heavy (non-hydrogen) atoms. The van der Waals surface area contributed by atoms with Crippen LogP contribution in [0.2, 0.25) is 0 Å². The van der Waals surface area contributed by atoms with E-state index in [1.165, 1.54) is 18.4 Å². The predicted molar refractivity (Wildman–Crippen MR) is 147 cm³/mol. The zero-order valence-electron chi connectivity index (χ0n) is 21.4. The smallest absolute Gasteiger partial charge is 0.116 e. The van der Waals surface area contributed by atoms with Crippen LogP contribution in [0.25, 0.3) is 5.57 Å². The maximum absolute atomic E-state index is 10.3. The third-order valence-electron chi connectivity index (χ3n) is 6.97. The summed E-state index contributed by atoms with van der Waals surface area (Å²) in [6.45, 7) is 8.96. The number of likely N-dealkylation sites (tertiary alicyclic amines) is 1. The van der Waals surface area contributed by atoms with Crippen LogP contribution in [-0.2, 0) is 0 Å². The quantitative estimate of drug-likeness (QED) is 0.318. The third-order valence-corrected chi connectivity index (χ3v) is 6.97. The first-order valence-corrected chi connectivity index (χ1v) is 12.8. The van der Waals surface area contributed by atoms with Gasteiger partial charge in [-0.2, -0.15) is 0 Å². The number of allylic oxidation sites excluding steroid dienone is 5. The van der Waals surface area contributed by atoms with Gasteiger partial charge in [0.25, 0.3) is 0 Å². The van der Waals surface area contributed by atoms with Crippen LogP contribution in [0.15, 0.2) is 77.9 Å². The molecule has 0 unspecified atom stereocenters. The second-order valence-corrected chi connectivity index (χ2v) is 9.50. The number of rotatable bonds is 9. The summed E-state index contributed by atoms with van der Waals surface area (Å²) in [5.41, 5.74) is 6.63. The number of phenols is 1. The van der Waals surface area contributed by atoms with E-state index >= 15 is 0 Å². The predicted octanol–water partition coefficient (Wildman–Crippen LogP) is 6.69. The second kappa shape index (κ2) is 13.1. The van der Waals surface area contributed by atoms with Crippen molar-refractivity contribution >= 4 is 5.57 Å². The topological polar surface area (TPSA) is 43.7 Å². The van der Waals surface area contributed by atoms with E-state index in [1.54, 1.807) is 12.1 Å². The first-order chi connectivity index (χ1) is 17.0. The van der Waals surface area contributed by atoms with Crippen molar-refractivity contribution in [3.05, 3.63) is 94.6 Å². The van der Waals surface area contributed by atoms with Crippen LogP contribution in [0.1, 0.15) is 69.1 Å². The van der Waals surface area contributed by atoms with Crippen molar-refractivity contribution in [3.63, 3.8) is 0 Å². The van der Waals surface area contributed by atoms with E-state index in [0.717, 1.165) is 40.9 Å². The van der Waals surface area contributed by atoms with Gasteiger partial charge in [0.2, 0.25) is 0 Å². The molecule has 0 radical (unpaired) electrons. The Morgan fingerprint density at radius 2 is 1.83 bits per heavy atom. The van der Waals surface area contributed by atoms with Gasteiger partial charge in [-0.25, -0.2) is 0 Å². The molecule has 184 valence electrons. The SMILES string of the molecule is C#C\C=C/C(=C\C)C(/CCCO)=C(\c1ccc(C2CCN(C(C)C)CC2)cc1)c1cccc(O)c1. The lowest BCUT2D eigenvalue weighted by molar-refractivity contribution is 0.172. The van der Waals surface area contributed by atoms with Crippen LogP contribution in [0, 0.1) is 12.3 Å². The molecule has 0 aromatic heterocycles. The number of hydrogen-bond acceptors (Lipinski definition) is 3. The zero-order valence-corrected chi connectivity index (χ0v) is 21.4. The Hall–Kier alpha value is -3.06. The fraction of sp³-hybridized carbons (Fsp3) is 0.375. The summed E-state index contributed by atoms with van der Waals surface area (Å²) in [4.78, 5) is 2.56. The molecule has 0 saturated carbocycles. The van der Waals surface area contributed by atoms with Crippen molar-refractivity contribution in [2.45, 2.75) is 58.4 Å². The van der Waals surface area contributed by atoms with E-state index in [9.17, 15) is 10.2 Å². The van der Waals surface area contributed by atoms with Gasteiger partial charge in [0.05, 0.1) is 0 Å². The van der Waals surface area contributed by atoms with E-state index in [2.05, 4.69) is 55.0 Å². The monoisotopic (exact) mass is 469 g/mol. The molecule has 1 aliphatic heterocycles. The van der Waals surface area contributed by atoms with Crippen molar-refractivity contribution in [1.82, 2.24) is 4.90 Å². The minimum absolute atomic E-state index is 0.112. The lowest BCUT2D eigenvalue weighted by Crippen LogP contribution is -2.37. The van der Waals surface area contributed by atoms with Crippen molar-refractivity contribution in [2.75, 3.05) is 19.7 Å². The summed E-state index contributed by atoms with van der Waals surface area (Å²) in [6.07, 6.45) is 14.9. The molecule has 0 amide bonds. The Labute approximate surface area is 211 Å². The lowest BCUT2D eigenvalue weighted by Gasteiger charge is -2.34. The number of piperidine rings is 1. The number of terminal acetylenes is 1. The van der Waals surface area contributed by atoms with E-state index in [-0.39, 0.29) is 12.4 Å². The average molecular weight is 470 g/mol. The molecule has 1 aliphatic rings. The summed E-state index contributed by atoms with van der Waals surface area (Å²) < 4.78 is 0. The number of nitrogens with zero attached hydrogens (tertiary/aromatic N) is 1. The summed E-state index contributed by atoms with van der Waals surface area (Å²) in [5, 5.41) is 19.9. The number of aliphatic hydroxyl groups excluding tert-OH is 1. The van der Waals surface area contributed by atoms with Gasteiger partial charge in [-0.3, -0.25) is 0 Å². The molecule has 0 atom stereocenters. The van der Waals surface area contributed by atoms with Gasteiger partial charge >= 0.3 is 0 Å². The largest absolute Gasteiger partial charge is 0.508 e. The highest BCUT2D eigenvalue weighted by molar-refractivity contribution is 5.85. The molecule has 2 aromatic carbocycles. The third kappa shape index (κ3) is 6.98. The first-order valence-electron chi connectivity index (χ1n) is 12.8. The van der Waals surface area contributed by atoms with Crippen molar-refractivity contribution in [1.29, 1.82) is 0 Å². The van der Waals surface area contributed by atoms with Gasteiger partial charge in [-0.1, -0.05) is 48.4 Å². The molecular formula is C32H39NO2.